The predicted molar refractivity (Wildman–Crippen MR) is 90.1 cm³/mol. The van der Waals surface area contributed by atoms with Gasteiger partial charge in [0.25, 0.3) is 0 Å². The largest absolute Gasteiger partial charge is 0.352 e. The lowest BCUT2D eigenvalue weighted by molar-refractivity contribution is -0.127. The summed E-state index contributed by atoms with van der Waals surface area (Å²) < 4.78 is 15.2. The molecule has 1 N–H and O–H groups in total. The van der Waals surface area contributed by atoms with Crippen molar-refractivity contribution >= 4 is 5.91 Å². The minimum Gasteiger partial charge on any atom is -0.352 e. The third-order valence-electron chi connectivity index (χ3n) is 4.98. The zero-order valence-corrected chi connectivity index (χ0v) is 14.0. The molecular formula is C18H22FN5O. The number of hydrogen-bond donors (Lipinski definition) is 1. The van der Waals surface area contributed by atoms with Crippen molar-refractivity contribution in [3.8, 4) is 0 Å². The number of nitrogens with zero attached hydrogens (tertiary/aromatic N) is 4. The molecule has 1 saturated carbocycles. The van der Waals surface area contributed by atoms with Gasteiger partial charge in [-0.3, -0.25) is 14.4 Å². The maximum Gasteiger partial charge on any atom is 0.242 e. The normalized spacial score (nSPS) is 22.0. The molecule has 4 rings (SSSR count). The maximum atomic E-state index is 13.3. The lowest BCUT2D eigenvalue weighted by Gasteiger charge is -2.32. The summed E-state index contributed by atoms with van der Waals surface area (Å²) in [5, 5.41) is 7.30. The van der Waals surface area contributed by atoms with E-state index in [-0.39, 0.29) is 17.8 Å². The van der Waals surface area contributed by atoms with Gasteiger partial charge >= 0.3 is 0 Å². The molecule has 2 fully saturated rings. The Balaban J connectivity index is 1.59. The van der Waals surface area contributed by atoms with Crippen LogP contribution in [-0.4, -0.2) is 44.2 Å². The van der Waals surface area contributed by atoms with Gasteiger partial charge in [-0.15, -0.1) is 0 Å². The van der Waals surface area contributed by atoms with Crippen molar-refractivity contribution in [2.24, 2.45) is 0 Å². The lowest BCUT2D eigenvalue weighted by atomic mass is 10.0. The molecule has 2 heterocycles. The minimum atomic E-state index is -0.391. The van der Waals surface area contributed by atoms with Gasteiger partial charge < -0.3 is 5.32 Å². The van der Waals surface area contributed by atoms with Crippen LogP contribution in [-0.2, 0) is 11.3 Å². The fraction of sp³-hybridized carbons (Fsp3) is 0.500. The van der Waals surface area contributed by atoms with E-state index in [1.165, 1.54) is 18.5 Å². The van der Waals surface area contributed by atoms with E-state index in [1.54, 1.807) is 18.5 Å². The second-order valence-electron chi connectivity index (χ2n) is 6.89. The molecule has 2 aliphatic rings. The molecule has 0 unspecified atom stereocenters. The molecule has 0 spiro atoms. The summed E-state index contributed by atoms with van der Waals surface area (Å²) in [6.45, 7) is 1.55. The van der Waals surface area contributed by atoms with Gasteiger partial charge in [-0.2, -0.15) is 5.10 Å². The molecule has 7 heteroatoms. The number of rotatable bonds is 6. The molecule has 6 nitrogen and oxygen atoms in total. The zero-order chi connectivity index (χ0) is 17.2. The van der Waals surface area contributed by atoms with Gasteiger partial charge in [-0.25, -0.2) is 9.37 Å². The summed E-state index contributed by atoms with van der Waals surface area (Å²) in [6.07, 6.45) is 7.36. The number of benzene rings is 1. The van der Waals surface area contributed by atoms with E-state index in [4.69, 9.17) is 0 Å². The highest BCUT2D eigenvalue weighted by molar-refractivity contribution is 5.83. The van der Waals surface area contributed by atoms with Crippen LogP contribution in [0, 0.1) is 5.82 Å². The SMILES string of the molecule is O=C(NC1CC1)[C@H](c1ccc(F)cc1)N1CCC[C@@H]1Cn1cncn1. The molecule has 1 aromatic carbocycles. The van der Waals surface area contributed by atoms with Gasteiger partial charge in [0.05, 0.1) is 6.54 Å². The molecule has 1 aromatic heterocycles. The molecule has 0 radical (unpaired) electrons. The van der Waals surface area contributed by atoms with Crippen LogP contribution in [0.3, 0.4) is 0 Å². The van der Waals surface area contributed by atoms with Crippen LogP contribution < -0.4 is 5.32 Å². The van der Waals surface area contributed by atoms with Crippen LogP contribution in [0.1, 0.15) is 37.3 Å². The van der Waals surface area contributed by atoms with Gasteiger partial charge in [-0.05, 0) is 49.9 Å². The van der Waals surface area contributed by atoms with Crippen LogP contribution in [0.4, 0.5) is 4.39 Å². The van der Waals surface area contributed by atoms with Crippen molar-refractivity contribution in [3.63, 3.8) is 0 Å². The van der Waals surface area contributed by atoms with Crippen molar-refractivity contribution in [1.29, 1.82) is 0 Å². The van der Waals surface area contributed by atoms with E-state index in [0.717, 1.165) is 37.8 Å². The van der Waals surface area contributed by atoms with Gasteiger partial charge in [0.15, 0.2) is 0 Å². The minimum absolute atomic E-state index is 0.0135. The van der Waals surface area contributed by atoms with Crippen molar-refractivity contribution in [3.05, 3.63) is 48.3 Å². The van der Waals surface area contributed by atoms with Crippen LogP contribution >= 0.6 is 0 Å². The van der Waals surface area contributed by atoms with Gasteiger partial charge in [0.1, 0.15) is 24.5 Å². The predicted octanol–water partition coefficient (Wildman–Crippen LogP) is 1.90. The van der Waals surface area contributed by atoms with E-state index >= 15 is 0 Å². The highest BCUT2D eigenvalue weighted by Gasteiger charge is 2.38. The van der Waals surface area contributed by atoms with Gasteiger partial charge in [0, 0.05) is 12.1 Å². The average Bonchev–Trinajstić information content (AvgIpc) is 3.08. The first-order valence-electron chi connectivity index (χ1n) is 8.85. The number of hydrogen-bond acceptors (Lipinski definition) is 4. The van der Waals surface area contributed by atoms with Crippen molar-refractivity contribution in [2.75, 3.05) is 6.54 Å². The quantitative estimate of drug-likeness (QED) is 0.870. The second kappa shape index (κ2) is 6.92. The second-order valence-corrected chi connectivity index (χ2v) is 6.89. The fourth-order valence-corrected chi connectivity index (χ4v) is 3.58. The summed E-state index contributed by atoms with van der Waals surface area (Å²) in [7, 11) is 0. The lowest BCUT2D eigenvalue weighted by Crippen LogP contribution is -2.44. The van der Waals surface area contributed by atoms with E-state index in [9.17, 15) is 9.18 Å². The standard InChI is InChI=1S/C18H22FN5O/c19-14-5-3-13(4-6-14)17(18(25)22-15-7-8-15)24-9-1-2-16(24)10-23-12-20-11-21-23/h3-6,11-12,15-17H,1-2,7-10H2,(H,22,25)/t16-,17+/m1/s1. The van der Waals surface area contributed by atoms with E-state index < -0.39 is 6.04 Å². The molecule has 132 valence electrons. The Labute approximate surface area is 146 Å². The number of carbonyl (C=O) groups is 1. The number of halogens is 1. The van der Waals surface area contributed by atoms with Crippen LogP contribution in [0.2, 0.25) is 0 Å². The number of carbonyl (C=O) groups excluding carboxylic acids is 1. The van der Waals surface area contributed by atoms with E-state index in [0.29, 0.717) is 12.6 Å². The Hall–Kier alpha value is -2.28. The zero-order valence-electron chi connectivity index (χ0n) is 14.0. The Morgan fingerprint density at radius 2 is 2.08 bits per heavy atom. The summed E-state index contributed by atoms with van der Waals surface area (Å²) in [4.78, 5) is 19.2. The molecule has 2 aromatic rings. The van der Waals surface area contributed by atoms with Crippen molar-refractivity contribution in [1.82, 2.24) is 25.0 Å². The van der Waals surface area contributed by atoms with E-state index in [1.807, 2.05) is 4.68 Å². The first-order chi connectivity index (χ1) is 12.2. The highest BCUT2D eigenvalue weighted by atomic mass is 19.1. The Morgan fingerprint density at radius 3 is 2.76 bits per heavy atom. The highest BCUT2D eigenvalue weighted by Crippen LogP contribution is 2.32. The molecule has 1 aliphatic carbocycles. The summed E-state index contributed by atoms with van der Waals surface area (Å²) >= 11 is 0. The molecule has 25 heavy (non-hydrogen) atoms. The molecule has 1 amide bonds. The third-order valence-corrected chi connectivity index (χ3v) is 4.98. The van der Waals surface area contributed by atoms with Gasteiger partial charge in [-0.1, -0.05) is 12.1 Å². The summed E-state index contributed by atoms with van der Waals surface area (Å²) in [6, 6.07) is 6.41. The first-order valence-corrected chi connectivity index (χ1v) is 8.85. The monoisotopic (exact) mass is 343 g/mol. The fourth-order valence-electron chi connectivity index (χ4n) is 3.58. The van der Waals surface area contributed by atoms with Crippen molar-refractivity contribution in [2.45, 2.75) is 50.4 Å². The first kappa shape index (κ1) is 16.2. The number of nitrogens with one attached hydrogen (secondary N) is 1. The molecule has 2 atom stereocenters. The summed E-state index contributed by atoms with van der Waals surface area (Å²) in [5.74, 6) is -0.273. The number of likely N-dealkylation sites (tertiary alicyclic amines) is 1. The molecule has 1 saturated heterocycles. The van der Waals surface area contributed by atoms with Crippen LogP contribution in [0.25, 0.3) is 0 Å². The Bertz CT molecular complexity index is 714. The molecule has 1 aliphatic heterocycles. The summed E-state index contributed by atoms with van der Waals surface area (Å²) in [5.41, 5.74) is 0.838. The Kier molecular flexibility index (Phi) is 4.48. The third kappa shape index (κ3) is 3.71. The number of aromatic nitrogens is 3. The molecular weight excluding hydrogens is 321 g/mol. The average molecular weight is 343 g/mol. The number of amides is 1. The maximum absolute atomic E-state index is 13.3. The van der Waals surface area contributed by atoms with E-state index in [2.05, 4.69) is 20.3 Å². The Morgan fingerprint density at radius 1 is 1.28 bits per heavy atom. The topological polar surface area (TPSA) is 63.1 Å². The molecule has 0 bridgehead atoms. The van der Waals surface area contributed by atoms with Crippen LogP contribution in [0.15, 0.2) is 36.9 Å². The smallest absolute Gasteiger partial charge is 0.242 e. The van der Waals surface area contributed by atoms with Crippen LogP contribution in [0.5, 0.6) is 0 Å². The van der Waals surface area contributed by atoms with Crippen molar-refractivity contribution < 1.29 is 9.18 Å². The van der Waals surface area contributed by atoms with Gasteiger partial charge in [0.2, 0.25) is 5.91 Å².